The largest absolute Gasteiger partial charge is 0.309 e. The molecule has 0 fully saturated rings. The van der Waals surface area contributed by atoms with Crippen LogP contribution in [0, 0.1) is 5.82 Å². The molecule has 114 valence electrons. The van der Waals surface area contributed by atoms with Crippen LogP contribution in [0.2, 0.25) is 0 Å². The third-order valence-corrected chi connectivity index (χ3v) is 4.34. The van der Waals surface area contributed by atoms with Crippen molar-refractivity contribution in [1.29, 1.82) is 0 Å². The SMILES string of the molecule is CN(C)CCCC1c2ccccc2C=Cc2ccc(F)cc21. The number of rotatable bonds is 4. The molecule has 0 bridgehead atoms. The first-order chi connectivity index (χ1) is 10.6. The summed E-state index contributed by atoms with van der Waals surface area (Å²) in [5, 5.41) is 0. The van der Waals surface area contributed by atoms with E-state index in [0.717, 1.165) is 30.5 Å². The molecule has 1 atom stereocenters. The highest BCUT2D eigenvalue weighted by Crippen LogP contribution is 2.37. The number of fused-ring (bicyclic) bond motifs is 2. The summed E-state index contributed by atoms with van der Waals surface area (Å²) in [4.78, 5) is 2.20. The Kier molecular flexibility index (Phi) is 4.39. The highest BCUT2D eigenvalue weighted by Gasteiger charge is 2.21. The number of hydrogen-bond donors (Lipinski definition) is 0. The molecule has 1 nitrogen and oxygen atoms in total. The maximum Gasteiger partial charge on any atom is 0.123 e. The molecule has 0 aromatic heterocycles. The van der Waals surface area contributed by atoms with Crippen LogP contribution in [0.15, 0.2) is 42.5 Å². The van der Waals surface area contributed by atoms with Crippen LogP contribution in [-0.4, -0.2) is 25.5 Å². The van der Waals surface area contributed by atoms with Crippen LogP contribution >= 0.6 is 0 Å². The molecule has 0 saturated heterocycles. The lowest BCUT2D eigenvalue weighted by Gasteiger charge is -2.21. The Hall–Kier alpha value is -1.93. The summed E-state index contributed by atoms with van der Waals surface area (Å²) >= 11 is 0. The first kappa shape index (κ1) is 15.0. The van der Waals surface area contributed by atoms with Crippen LogP contribution in [0.3, 0.4) is 0 Å². The first-order valence-electron chi connectivity index (χ1n) is 7.86. The van der Waals surface area contributed by atoms with Gasteiger partial charge in [-0.15, -0.1) is 0 Å². The molecule has 22 heavy (non-hydrogen) atoms. The summed E-state index contributed by atoms with van der Waals surface area (Å²) in [6.07, 6.45) is 6.40. The van der Waals surface area contributed by atoms with Crippen LogP contribution in [-0.2, 0) is 0 Å². The van der Waals surface area contributed by atoms with Gasteiger partial charge in [0.05, 0.1) is 0 Å². The molecule has 1 unspecified atom stereocenters. The number of hydrogen-bond acceptors (Lipinski definition) is 1. The highest BCUT2D eigenvalue weighted by atomic mass is 19.1. The van der Waals surface area contributed by atoms with E-state index in [1.54, 1.807) is 12.1 Å². The lowest BCUT2D eigenvalue weighted by Crippen LogP contribution is -2.14. The summed E-state index contributed by atoms with van der Waals surface area (Å²) in [6, 6.07) is 13.6. The molecule has 0 heterocycles. The zero-order valence-corrected chi connectivity index (χ0v) is 13.2. The maximum atomic E-state index is 13.8. The molecule has 2 aromatic carbocycles. The Morgan fingerprint density at radius 2 is 1.68 bits per heavy atom. The van der Waals surface area contributed by atoms with Gasteiger partial charge in [-0.3, -0.25) is 0 Å². The van der Waals surface area contributed by atoms with Crippen molar-refractivity contribution in [1.82, 2.24) is 4.90 Å². The van der Waals surface area contributed by atoms with Gasteiger partial charge in [0.25, 0.3) is 0 Å². The van der Waals surface area contributed by atoms with E-state index < -0.39 is 0 Å². The van der Waals surface area contributed by atoms with Crippen molar-refractivity contribution in [2.24, 2.45) is 0 Å². The lowest BCUT2D eigenvalue weighted by atomic mass is 9.84. The smallest absolute Gasteiger partial charge is 0.123 e. The molecule has 2 aromatic rings. The predicted molar refractivity (Wildman–Crippen MR) is 91.4 cm³/mol. The number of halogens is 1. The average Bonchev–Trinajstić information content (AvgIpc) is 2.65. The van der Waals surface area contributed by atoms with Gasteiger partial charge in [0.15, 0.2) is 0 Å². The Labute approximate surface area is 132 Å². The first-order valence-corrected chi connectivity index (χ1v) is 7.86. The highest BCUT2D eigenvalue weighted by molar-refractivity contribution is 5.76. The molecule has 0 aliphatic heterocycles. The quantitative estimate of drug-likeness (QED) is 0.784. The second kappa shape index (κ2) is 6.45. The van der Waals surface area contributed by atoms with Gasteiger partial charge >= 0.3 is 0 Å². The normalized spacial score (nSPS) is 16.3. The van der Waals surface area contributed by atoms with Gasteiger partial charge in [0, 0.05) is 5.92 Å². The summed E-state index contributed by atoms with van der Waals surface area (Å²) < 4.78 is 13.8. The zero-order chi connectivity index (χ0) is 15.5. The van der Waals surface area contributed by atoms with E-state index in [-0.39, 0.29) is 11.7 Å². The van der Waals surface area contributed by atoms with Gasteiger partial charge in [-0.2, -0.15) is 0 Å². The van der Waals surface area contributed by atoms with Crippen molar-refractivity contribution in [2.75, 3.05) is 20.6 Å². The molecular formula is C20H22FN. The molecule has 0 amide bonds. The molecule has 0 N–H and O–H groups in total. The van der Waals surface area contributed by atoms with Gasteiger partial charge in [0.2, 0.25) is 0 Å². The Morgan fingerprint density at radius 3 is 2.45 bits per heavy atom. The van der Waals surface area contributed by atoms with Gasteiger partial charge in [-0.1, -0.05) is 42.5 Å². The van der Waals surface area contributed by atoms with E-state index in [0.29, 0.717) is 0 Å². The molecular weight excluding hydrogens is 273 g/mol. The molecule has 0 radical (unpaired) electrons. The van der Waals surface area contributed by atoms with E-state index in [1.165, 1.54) is 11.1 Å². The second-order valence-electron chi connectivity index (χ2n) is 6.23. The molecule has 2 heteroatoms. The Bertz CT molecular complexity index is 688. The minimum Gasteiger partial charge on any atom is -0.309 e. The van der Waals surface area contributed by atoms with Crippen LogP contribution in [0.4, 0.5) is 4.39 Å². The fraction of sp³-hybridized carbons (Fsp3) is 0.300. The van der Waals surface area contributed by atoms with Crippen molar-refractivity contribution in [3.63, 3.8) is 0 Å². The van der Waals surface area contributed by atoms with Crippen molar-refractivity contribution >= 4 is 12.2 Å². The van der Waals surface area contributed by atoms with E-state index in [9.17, 15) is 4.39 Å². The second-order valence-corrected chi connectivity index (χ2v) is 6.23. The number of nitrogens with zero attached hydrogens (tertiary/aromatic N) is 1. The fourth-order valence-corrected chi connectivity index (χ4v) is 3.25. The summed E-state index contributed by atoms with van der Waals surface area (Å²) in [6.45, 7) is 1.05. The van der Waals surface area contributed by atoms with Crippen LogP contribution in [0.5, 0.6) is 0 Å². The van der Waals surface area contributed by atoms with Crippen LogP contribution in [0.1, 0.15) is 41.0 Å². The van der Waals surface area contributed by atoms with E-state index in [2.05, 4.69) is 55.4 Å². The average molecular weight is 295 g/mol. The van der Waals surface area contributed by atoms with Crippen molar-refractivity contribution < 1.29 is 4.39 Å². The predicted octanol–water partition coefficient (Wildman–Crippen LogP) is 4.78. The maximum absolute atomic E-state index is 13.8. The Balaban J connectivity index is 2.01. The molecule has 0 saturated carbocycles. The fourth-order valence-electron chi connectivity index (χ4n) is 3.25. The van der Waals surface area contributed by atoms with Crippen molar-refractivity contribution in [3.05, 3.63) is 70.5 Å². The van der Waals surface area contributed by atoms with E-state index in [1.807, 2.05) is 6.07 Å². The molecule has 1 aliphatic carbocycles. The molecule has 3 rings (SSSR count). The topological polar surface area (TPSA) is 3.24 Å². The van der Waals surface area contributed by atoms with Crippen LogP contribution < -0.4 is 0 Å². The van der Waals surface area contributed by atoms with Crippen molar-refractivity contribution in [2.45, 2.75) is 18.8 Å². The third-order valence-electron chi connectivity index (χ3n) is 4.34. The van der Waals surface area contributed by atoms with Gasteiger partial charge in [-0.05, 0) is 67.9 Å². The van der Waals surface area contributed by atoms with Gasteiger partial charge in [-0.25, -0.2) is 4.39 Å². The van der Waals surface area contributed by atoms with Crippen LogP contribution in [0.25, 0.3) is 12.2 Å². The van der Waals surface area contributed by atoms with Gasteiger partial charge < -0.3 is 4.90 Å². The minimum atomic E-state index is -0.149. The van der Waals surface area contributed by atoms with Crippen molar-refractivity contribution in [3.8, 4) is 0 Å². The summed E-state index contributed by atoms with van der Waals surface area (Å²) in [7, 11) is 4.19. The molecule has 0 spiro atoms. The van der Waals surface area contributed by atoms with Gasteiger partial charge in [0.1, 0.15) is 5.82 Å². The zero-order valence-electron chi connectivity index (χ0n) is 13.2. The molecule has 1 aliphatic rings. The minimum absolute atomic E-state index is 0.149. The summed E-state index contributed by atoms with van der Waals surface area (Å²) in [5.41, 5.74) is 4.79. The van der Waals surface area contributed by atoms with E-state index >= 15 is 0 Å². The third kappa shape index (κ3) is 3.12. The Morgan fingerprint density at radius 1 is 0.955 bits per heavy atom. The summed E-state index contributed by atoms with van der Waals surface area (Å²) in [5.74, 6) is 0.112. The number of benzene rings is 2. The monoisotopic (exact) mass is 295 g/mol. The van der Waals surface area contributed by atoms with E-state index in [4.69, 9.17) is 0 Å². The standard InChI is InChI=1S/C20H22FN/c1-22(2)13-5-8-19-18-7-4-3-6-15(18)9-10-16-11-12-17(21)14-20(16)19/h3-4,6-7,9-12,14,19H,5,8,13H2,1-2H3. The lowest BCUT2D eigenvalue weighted by molar-refractivity contribution is 0.389.